The summed E-state index contributed by atoms with van der Waals surface area (Å²) in [5.41, 5.74) is 6.17. The Labute approximate surface area is 95.3 Å². The fourth-order valence-corrected chi connectivity index (χ4v) is 1.66. The first-order chi connectivity index (χ1) is 7.63. The minimum absolute atomic E-state index is 0.0288. The van der Waals surface area contributed by atoms with Gasteiger partial charge in [0.15, 0.2) is 10.4 Å². The molecule has 16 heavy (non-hydrogen) atoms. The molecule has 84 valence electrons. The molecule has 7 nitrogen and oxygen atoms in total. The van der Waals surface area contributed by atoms with Crippen LogP contribution in [0, 0.1) is 4.77 Å². The second-order valence-corrected chi connectivity index (χ2v) is 3.45. The van der Waals surface area contributed by atoms with Crippen LogP contribution in [0.5, 0.6) is 5.88 Å². The summed E-state index contributed by atoms with van der Waals surface area (Å²) in [5.74, 6) is -0.117. The average Bonchev–Trinajstić information content (AvgIpc) is 2.55. The zero-order valence-electron chi connectivity index (χ0n) is 8.43. The van der Waals surface area contributed by atoms with E-state index in [9.17, 15) is 4.79 Å². The molecule has 2 aromatic rings. The first-order valence-electron chi connectivity index (χ1n) is 4.39. The highest BCUT2D eigenvalue weighted by Gasteiger charge is 2.12. The molecule has 0 aromatic carbocycles. The Morgan fingerprint density at radius 1 is 1.69 bits per heavy atom. The van der Waals surface area contributed by atoms with Crippen molar-refractivity contribution in [2.24, 2.45) is 5.73 Å². The third-order valence-electron chi connectivity index (χ3n) is 2.03. The Morgan fingerprint density at radius 3 is 3.06 bits per heavy atom. The third kappa shape index (κ3) is 1.63. The van der Waals surface area contributed by atoms with Gasteiger partial charge in [-0.05, 0) is 12.2 Å². The highest BCUT2D eigenvalue weighted by molar-refractivity contribution is 7.71. The number of amides is 1. The summed E-state index contributed by atoms with van der Waals surface area (Å²) in [6.45, 7) is -0.0288. The molecule has 0 unspecified atom stereocenters. The standard InChI is InChI=1S/C8H9N5O2S/c1-15-7-5-6(10-3-11-7)13(2-4(9)14)8(16)12-5/h3H,2H2,1H3,(H2,9,14)(H,12,16). The van der Waals surface area contributed by atoms with Gasteiger partial charge in [0.1, 0.15) is 18.4 Å². The number of methoxy groups -OCH3 is 1. The molecule has 0 atom stereocenters. The van der Waals surface area contributed by atoms with E-state index in [1.807, 2.05) is 0 Å². The molecule has 0 spiro atoms. The SMILES string of the molecule is COc1ncnc2c1[nH]c(=S)n2CC(N)=O. The molecule has 0 radical (unpaired) electrons. The lowest BCUT2D eigenvalue weighted by Gasteiger charge is -2.00. The van der Waals surface area contributed by atoms with Crippen LogP contribution in [0.4, 0.5) is 0 Å². The molecule has 3 N–H and O–H groups in total. The topological polar surface area (TPSA) is 98.8 Å². The van der Waals surface area contributed by atoms with E-state index >= 15 is 0 Å². The van der Waals surface area contributed by atoms with Gasteiger partial charge in [-0.1, -0.05) is 0 Å². The van der Waals surface area contributed by atoms with Gasteiger partial charge in [0.05, 0.1) is 7.11 Å². The van der Waals surface area contributed by atoms with Crippen molar-refractivity contribution < 1.29 is 9.53 Å². The van der Waals surface area contributed by atoms with E-state index in [0.717, 1.165) is 0 Å². The van der Waals surface area contributed by atoms with Crippen LogP contribution in [0.3, 0.4) is 0 Å². The van der Waals surface area contributed by atoms with Gasteiger partial charge >= 0.3 is 0 Å². The molecule has 1 amide bonds. The van der Waals surface area contributed by atoms with Gasteiger partial charge in [0.25, 0.3) is 0 Å². The number of ether oxygens (including phenoxy) is 1. The normalized spacial score (nSPS) is 10.6. The Kier molecular flexibility index (Phi) is 2.57. The molecule has 0 aliphatic carbocycles. The van der Waals surface area contributed by atoms with Gasteiger partial charge in [0, 0.05) is 0 Å². The molecule has 0 fully saturated rings. The summed E-state index contributed by atoms with van der Waals surface area (Å²) in [7, 11) is 1.49. The Hall–Kier alpha value is -1.96. The molecular weight excluding hydrogens is 230 g/mol. The number of H-pyrrole nitrogens is 1. The predicted molar refractivity (Wildman–Crippen MR) is 58.5 cm³/mol. The number of primary amides is 1. The molecule has 0 saturated heterocycles. The van der Waals surface area contributed by atoms with Crippen molar-refractivity contribution in [2.45, 2.75) is 6.54 Å². The number of aromatic amines is 1. The Bertz CT molecular complexity index is 602. The van der Waals surface area contributed by atoms with Crippen LogP contribution >= 0.6 is 12.2 Å². The molecule has 8 heteroatoms. The Morgan fingerprint density at radius 2 is 2.44 bits per heavy atom. The number of fused-ring (bicyclic) bond motifs is 1. The number of hydrogen-bond acceptors (Lipinski definition) is 5. The van der Waals surface area contributed by atoms with Crippen LogP contribution in [0.25, 0.3) is 11.2 Å². The van der Waals surface area contributed by atoms with Crippen molar-refractivity contribution >= 4 is 29.3 Å². The lowest BCUT2D eigenvalue weighted by atomic mass is 10.5. The zero-order valence-corrected chi connectivity index (χ0v) is 9.24. The maximum Gasteiger partial charge on any atom is 0.242 e. The third-order valence-corrected chi connectivity index (χ3v) is 2.35. The first-order valence-corrected chi connectivity index (χ1v) is 4.80. The fourth-order valence-electron chi connectivity index (χ4n) is 1.40. The van der Waals surface area contributed by atoms with E-state index in [1.165, 1.54) is 18.0 Å². The van der Waals surface area contributed by atoms with Gasteiger partial charge < -0.3 is 15.5 Å². The highest BCUT2D eigenvalue weighted by Crippen LogP contribution is 2.19. The van der Waals surface area contributed by atoms with Crippen molar-refractivity contribution in [1.82, 2.24) is 19.5 Å². The van der Waals surface area contributed by atoms with Crippen LogP contribution in [0.1, 0.15) is 0 Å². The van der Waals surface area contributed by atoms with E-state index < -0.39 is 5.91 Å². The smallest absolute Gasteiger partial charge is 0.242 e. The van der Waals surface area contributed by atoms with E-state index in [0.29, 0.717) is 21.8 Å². The summed E-state index contributed by atoms with van der Waals surface area (Å²) < 4.78 is 6.89. The molecule has 0 aliphatic heterocycles. The number of nitrogens with zero attached hydrogens (tertiary/aromatic N) is 3. The van der Waals surface area contributed by atoms with Crippen LogP contribution in [-0.2, 0) is 11.3 Å². The number of nitrogens with one attached hydrogen (secondary N) is 1. The minimum Gasteiger partial charge on any atom is -0.479 e. The molecule has 0 aliphatic rings. The van der Waals surface area contributed by atoms with Gasteiger partial charge in [0.2, 0.25) is 11.8 Å². The minimum atomic E-state index is -0.491. The zero-order chi connectivity index (χ0) is 11.7. The molecule has 2 rings (SSSR count). The van der Waals surface area contributed by atoms with Crippen molar-refractivity contribution in [3.63, 3.8) is 0 Å². The number of imidazole rings is 1. The predicted octanol–water partition coefficient (Wildman–Crippen LogP) is -0.0172. The monoisotopic (exact) mass is 239 g/mol. The maximum atomic E-state index is 10.9. The lowest BCUT2D eigenvalue weighted by molar-refractivity contribution is -0.118. The number of carbonyl (C=O) groups is 1. The van der Waals surface area contributed by atoms with Crippen LogP contribution < -0.4 is 10.5 Å². The second kappa shape index (κ2) is 3.89. The van der Waals surface area contributed by atoms with Gasteiger partial charge in [-0.15, -0.1) is 0 Å². The summed E-state index contributed by atoms with van der Waals surface area (Å²) in [6.07, 6.45) is 1.33. The number of nitrogens with two attached hydrogens (primary N) is 1. The summed E-state index contributed by atoms with van der Waals surface area (Å²) in [4.78, 5) is 21.7. The van der Waals surface area contributed by atoms with Crippen LogP contribution in [0.15, 0.2) is 6.33 Å². The fraction of sp³-hybridized carbons (Fsp3) is 0.250. The molecule has 2 heterocycles. The van der Waals surface area contributed by atoms with Crippen molar-refractivity contribution in [1.29, 1.82) is 0 Å². The highest BCUT2D eigenvalue weighted by atomic mass is 32.1. The van der Waals surface area contributed by atoms with Crippen LogP contribution in [0.2, 0.25) is 0 Å². The first kappa shape index (κ1) is 10.6. The largest absolute Gasteiger partial charge is 0.479 e. The molecule has 0 saturated carbocycles. The van der Waals surface area contributed by atoms with E-state index in [1.54, 1.807) is 0 Å². The number of rotatable bonds is 3. The molecular formula is C8H9N5O2S. The van der Waals surface area contributed by atoms with E-state index in [-0.39, 0.29) is 6.54 Å². The number of hydrogen-bond donors (Lipinski definition) is 2. The van der Waals surface area contributed by atoms with Gasteiger partial charge in [-0.2, -0.15) is 4.98 Å². The van der Waals surface area contributed by atoms with E-state index in [4.69, 9.17) is 22.7 Å². The van der Waals surface area contributed by atoms with Crippen molar-refractivity contribution in [3.05, 3.63) is 11.1 Å². The quantitative estimate of drug-likeness (QED) is 0.733. The average molecular weight is 239 g/mol. The van der Waals surface area contributed by atoms with Crippen LogP contribution in [-0.4, -0.2) is 32.5 Å². The Balaban J connectivity index is 2.71. The summed E-state index contributed by atoms with van der Waals surface area (Å²) >= 11 is 5.06. The van der Waals surface area contributed by atoms with Crippen molar-refractivity contribution in [2.75, 3.05) is 7.11 Å². The second-order valence-electron chi connectivity index (χ2n) is 3.06. The van der Waals surface area contributed by atoms with E-state index in [2.05, 4.69) is 15.0 Å². The van der Waals surface area contributed by atoms with Gasteiger partial charge in [-0.3, -0.25) is 9.36 Å². The number of carbonyl (C=O) groups excluding carboxylic acids is 1. The summed E-state index contributed by atoms with van der Waals surface area (Å²) in [6, 6.07) is 0. The lowest BCUT2D eigenvalue weighted by Crippen LogP contribution is -2.18. The van der Waals surface area contributed by atoms with Crippen molar-refractivity contribution in [3.8, 4) is 5.88 Å². The maximum absolute atomic E-state index is 10.9. The number of aromatic nitrogens is 4. The molecule has 0 bridgehead atoms. The van der Waals surface area contributed by atoms with Gasteiger partial charge in [-0.25, -0.2) is 4.98 Å². The molecule has 2 aromatic heterocycles. The summed E-state index contributed by atoms with van der Waals surface area (Å²) in [5, 5.41) is 0.